The molecule has 178 valence electrons. The van der Waals surface area contributed by atoms with Crippen molar-refractivity contribution in [2.24, 2.45) is 5.92 Å². The molecule has 0 saturated heterocycles. The number of ether oxygens (including phenoxy) is 2. The average Bonchev–Trinajstić information content (AvgIpc) is 3.46. The van der Waals surface area contributed by atoms with Crippen molar-refractivity contribution >= 4 is 11.8 Å². The van der Waals surface area contributed by atoms with Crippen molar-refractivity contribution < 1.29 is 19.1 Å². The van der Waals surface area contributed by atoms with E-state index in [9.17, 15) is 9.59 Å². The van der Waals surface area contributed by atoms with E-state index in [4.69, 9.17) is 9.47 Å². The number of carbonyl (C=O) groups is 2. The second-order valence-corrected chi connectivity index (χ2v) is 8.68. The van der Waals surface area contributed by atoms with Crippen LogP contribution in [0.1, 0.15) is 58.8 Å². The number of nitrogens with one attached hydrogen (secondary N) is 2. The number of hydrogen-bond acceptors (Lipinski definition) is 5. The number of hydrogen-bond donors (Lipinski definition) is 2. The van der Waals surface area contributed by atoms with Crippen LogP contribution >= 0.6 is 0 Å². The molecule has 1 aliphatic carbocycles. The maximum Gasteiger partial charge on any atom is 0.290 e. The first-order chi connectivity index (χ1) is 16.5. The molecule has 1 aromatic heterocycles. The van der Waals surface area contributed by atoms with Gasteiger partial charge in [-0.15, -0.1) is 0 Å². The van der Waals surface area contributed by atoms with Crippen LogP contribution in [-0.4, -0.2) is 35.3 Å². The first-order valence-corrected chi connectivity index (χ1v) is 11.6. The predicted molar refractivity (Wildman–Crippen MR) is 128 cm³/mol. The molecule has 0 unspecified atom stereocenters. The lowest BCUT2D eigenvalue weighted by molar-refractivity contribution is 0.0843. The fourth-order valence-corrected chi connectivity index (χ4v) is 3.98. The Kier molecular flexibility index (Phi) is 7.15. The Bertz CT molecular complexity index is 1170. The third kappa shape index (κ3) is 5.06. The van der Waals surface area contributed by atoms with Crippen LogP contribution in [0.25, 0.3) is 5.69 Å². The number of carbonyl (C=O) groups excluding carboxylic acids is 2. The SMILES string of the molecule is COc1cc(C(=O)NNC(=O)c2nn(-c3ccccc3)c3c2CCC3)ccc1OCCC(C)C. The van der Waals surface area contributed by atoms with Crippen molar-refractivity contribution in [1.29, 1.82) is 0 Å². The number of rotatable bonds is 8. The molecule has 2 aromatic carbocycles. The Hall–Kier alpha value is -3.81. The molecule has 2 N–H and O–H groups in total. The highest BCUT2D eigenvalue weighted by Crippen LogP contribution is 2.29. The van der Waals surface area contributed by atoms with Crippen molar-refractivity contribution in [3.63, 3.8) is 0 Å². The second-order valence-electron chi connectivity index (χ2n) is 8.68. The topological polar surface area (TPSA) is 94.5 Å². The van der Waals surface area contributed by atoms with E-state index in [1.807, 2.05) is 35.0 Å². The molecule has 0 spiro atoms. The zero-order valence-electron chi connectivity index (χ0n) is 19.8. The Labute approximate surface area is 199 Å². The quantitative estimate of drug-likeness (QED) is 0.496. The first kappa shape index (κ1) is 23.4. The highest BCUT2D eigenvalue weighted by Gasteiger charge is 2.27. The monoisotopic (exact) mass is 462 g/mol. The fraction of sp³-hybridized carbons (Fsp3) is 0.346. The van der Waals surface area contributed by atoms with Gasteiger partial charge in [-0.3, -0.25) is 20.4 Å². The van der Waals surface area contributed by atoms with Gasteiger partial charge >= 0.3 is 0 Å². The molecule has 1 heterocycles. The molecule has 8 nitrogen and oxygen atoms in total. The van der Waals surface area contributed by atoms with E-state index in [1.54, 1.807) is 18.2 Å². The van der Waals surface area contributed by atoms with Gasteiger partial charge in [0.2, 0.25) is 0 Å². The minimum absolute atomic E-state index is 0.336. The molecule has 0 atom stereocenters. The molecule has 0 saturated carbocycles. The Morgan fingerprint density at radius 1 is 1.03 bits per heavy atom. The van der Waals surface area contributed by atoms with Gasteiger partial charge in [-0.1, -0.05) is 32.0 Å². The van der Waals surface area contributed by atoms with E-state index in [0.29, 0.717) is 35.3 Å². The molecule has 0 fully saturated rings. The summed E-state index contributed by atoms with van der Waals surface area (Å²) >= 11 is 0. The average molecular weight is 463 g/mol. The largest absolute Gasteiger partial charge is 0.493 e. The molecule has 3 aromatic rings. The first-order valence-electron chi connectivity index (χ1n) is 11.6. The molecule has 0 aliphatic heterocycles. The van der Waals surface area contributed by atoms with Crippen molar-refractivity contribution in [2.75, 3.05) is 13.7 Å². The van der Waals surface area contributed by atoms with Gasteiger partial charge in [0.05, 0.1) is 19.4 Å². The van der Waals surface area contributed by atoms with Crippen LogP contribution in [0.5, 0.6) is 11.5 Å². The van der Waals surface area contributed by atoms with Gasteiger partial charge in [-0.2, -0.15) is 5.10 Å². The zero-order valence-corrected chi connectivity index (χ0v) is 19.8. The number of nitrogens with zero attached hydrogens (tertiary/aromatic N) is 2. The maximum atomic E-state index is 12.9. The summed E-state index contributed by atoms with van der Waals surface area (Å²) in [6.45, 7) is 4.82. The molecule has 1 aliphatic rings. The van der Waals surface area contributed by atoms with Crippen LogP contribution < -0.4 is 20.3 Å². The van der Waals surface area contributed by atoms with Crippen LogP contribution in [0.15, 0.2) is 48.5 Å². The number of fused-ring (bicyclic) bond motifs is 1. The van der Waals surface area contributed by atoms with E-state index < -0.39 is 11.8 Å². The van der Waals surface area contributed by atoms with Crippen molar-refractivity contribution in [2.45, 2.75) is 39.5 Å². The predicted octanol–water partition coefficient (Wildman–Crippen LogP) is 3.87. The molecular weight excluding hydrogens is 432 g/mol. The molecule has 8 heteroatoms. The van der Waals surface area contributed by atoms with Crippen LogP contribution in [0, 0.1) is 5.92 Å². The summed E-state index contributed by atoms with van der Waals surface area (Å²) in [6, 6.07) is 14.7. The van der Waals surface area contributed by atoms with Crippen molar-refractivity contribution in [3.8, 4) is 17.2 Å². The van der Waals surface area contributed by atoms with Crippen LogP contribution in [0.3, 0.4) is 0 Å². The molecular formula is C26H30N4O4. The van der Waals surface area contributed by atoms with Crippen LogP contribution in [0.2, 0.25) is 0 Å². The number of para-hydroxylation sites is 1. The van der Waals surface area contributed by atoms with Gasteiger partial charge in [-0.25, -0.2) is 4.68 Å². The minimum atomic E-state index is -0.459. The summed E-state index contributed by atoms with van der Waals surface area (Å²) in [5.74, 6) is 0.661. The van der Waals surface area contributed by atoms with Gasteiger partial charge in [0, 0.05) is 16.8 Å². The standard InChI is InChI=1S/C26H30N4O4/c1-17(2)14-15-34-22-13-12-18(16-23(22)33-3)25(31)27-28-26(32)24-20-10-7-11-21(20)30(29-24)19-8-5-4-6-9-19/h4-6,8-9,12-13,16-17H,7,10-11,14-15H2,1-3H3,(H,27,31)(H,28,32). The maximum absolute atomic E-state index is 12.9. The number of aromatic nitrogens is 2. The summed E-state index contributed by atoms with van der Waals surface area (Å²) in [5.41, 5.74) is 8.55. The highest BCUT2D eigenvalue weighted by atomic mass is 16.5. The van der Waals surface area contributed by atoms with Gasteiger partial charge < -0.3 is 9.47 Å². The van der Waals surface area contributed by atoms with E-state index in [-0.39, 0.29) is 0 Å². The lowest BCUT2D eigenvalue weighted by Crippen LogP contribution is -2.42. The van der Waals surface area contributed by atoms with Crippen LogP contribution in [0.4, 0.5) is 0 Å². The van der Waals surface area contributed by atoms with E-state index in [1.165, 1.54) is 7.11 Å². The zero-order chi connectivity index (χ0) is 24.1. The van der Waals surface area contributed by atoms with Crippen molar-refractivity contribution in [1.82, 2.24) is 20.6 Å². The summed E-state index contributed by atoms with van der Waals surface area (Å²) in [7, 11) is 1.53. The lowest BCUT2D eigenvalue weighted by Gasteiger charge is -2.13. The number of methoxy groups -OCH3 is 1. The van der Waals surface area contributed by atoms with Gasteiger partial charge in [0.15, 0.2) is 17.2 Å². The summed E-state index contributed by atoms with van der Waals surface area (Å²) in [6.07, 6.45) is 3.54. The fourth-order valence-electron chi connectivity index (χ4n) is 3.98. The third-order valence-electron chi connectivity index (χ3n) is 5.81. The van der Waals surface area contributed by atoms with Gasteiger partial charge in [0.25, 0.3) is 11.8 Å². The third-order valence-corrected chi connectivity index (χ3v) is 5.81. The van der Waals surface area contributed by atoms with Gasteiger partial charge in [0.1, 0.15) is 0 Å². The van der Waals surface area contributed by atoms with Crippen LogP contribution in [-0.2, 0) is 12.8 Å². The molecule has 0 bridgehead atoms. The summed E-state index contributed by atoms with van der Waals surface area (Å²) in [5, 5.41) is 4.55. The van der Waals surface area contributed by atoms with Crippen molar-refractivity contribution in [3.05, 3.63) is 71.0 Å². The number of benzene rings is 2. The highest BCUT2D eigenvalue weighted by molar-refractivity contribution is 5.99. The summed E-state index contributed by atoms with van der Waals surface area (Å²) in [4.78, 5) is 25.6. The molecule has 34 heavy (non-hydrogen) atoms. The van der Waals surface area contributed by atoms with E-state index in [2.05, 4.69) is 29.8 Å². The van der Waals surface area contributed by atoms with E-state index in [0.717, 1.165) is 42.6 Å². The second kappa shape index (κ2) is 10.4. The van der Waals surface area contributed by atoms with Gasteiger partial charge in [-0.05, 0) is 61.9 Å². The molecule has 2 amide bonds. The molecule has 4 rings (SSSR count). The Balaban J connectivity index is 1.43. The number of hydrazine groups is 1. The smallest absolute Gasteiger partial charge is 0.290 e. The Morgan fingerprint density at radius 2 is 1.79 bits per heavy atom. The Morgan fingerprint density at radius 3 is 2.53 bits per heavy atom. The molecule has 0 radical (unpaired) electrons. The lowest BCUT2D eigenvalue weighted by atomic mass is 10.1. The minimum Gasteiger partial charge on any atom is -0.493 e. The normalized spacial score (nSPS) is 12.4. The van der Waals surface area contributed by atoms with E-state index >= 15 is 0 Å². The summed E-state index contributed by atoms with van der Waals surface area (Å²) < 4.78 is 13.0. The number of amides is 2.